The summed E-state index contributed by atoms with van der Waals surface area (Å²) in [6.45, 7) is 0. The number of hydrogen-bond acceptors (Lipinski definition) is 7. The summed E-state index contributed by atoms with van der Waals surface area (Å²) >= 11 is 8.89. The second-order valence-corrected chi connectivity index (χ2v) is 6.41. The lowest BCUT2D eigenvalue weighted by Crippen LogP contribution is -2.08. The normalized spacial score (nSPS) is 10.4. The Kier molecular flexibility index (Phi) is 6.56. The van der Waals surface area contributed by atoms with Crippen LogP contribution in [0.3, 0.4) is 0 Å². The smallest absolute Gasteiger partial charge is 0.343 e. The molecule has 0 unspecified atom stereocenters. The molecule has 0 aliphatic heterocycles. The second-order valence-electron chi connectivity index (χ2n) is 4.31. The summed E-state index contributed by atoms with van der Waals surface area (Å²) in [5, 5.41) is 1.13. The van der Waals surface area contributed by atoms with Gasteiger partial charge in [-0.05, 0) is 24.0 Å². The van der Waals surface area contributed by atoms with Gasteiger partial charge in [-0.25, -0.2) is 14.8 Å². The van der Waals surface area contributed by atoms with Crippen LogP contribution in [0.5, 0.6) is 5.75 Å². The molecule has 23 heavy (non-hydrogen) atoms. The Bertz CT molecular complexity index is 696. The fourth-order valence-corrected chi connectivity index (χ4v) is 3.49. The first-order valence-electron chi connectivity index (χ1n) is 6.54. The third kappa shape index (κ3) is 4.53. The maximum atomic E-state index is 11.9. The molecule has 1 aromatic carbocycles. The first-order chi connectivity index (χ1) is 11.1. The van der Waals surface area contributed by atoms with Crippen molar-refractivity contribution in [3.63, 3.8) is 0 Å². The van der Waals surface area contributed by atoms with Crippen molar-refractivity contribution in [3.8, 4) is 5.75 Å². The topological polar surface area (TPSA) is 61.3 Å². The first kappa shape index (κ1) is 17.9. The highest BCUT2D eigenvalue weighted by molar-refractivity contribution is 7.99. The number of halogens is 1. The SMILES string of the molecule is COC(=O)c1c(Cl)nc(SC)nc1SCc1ccc(OC)cc1. The minimum atomic E-state index is -0.542. The molecule has 1 heterocycles. The third-order valence-electron chi connectivity index (χ3n) is 2.92. The molecule has 8 heteroatoms. The maximum absolute atomic E-state index is 11.9. The summed E-state index contributed by atoms with van der Waals surface area (Å²) in [5.74, 6) is 0.887. The molecule has 2 rings (SSSR count). The van der Waals surface area contributed by atoms with E-state index in [1.54, 1.807) is 7.11 Å². The largest absolute Gasteiger partial charge is 0.497 e. The molecule has 0 bridgehead atoms. The minimum absolute atomic E-state index is 0.105. The van der Waals surface area contributed by atoms with Crippen LogP contribution in [0, 0.1) is 0 Å². The van der Waals surface area contributed by atoms with Crippen molar-refractivity contribution >= 4 is 41.1 Å². The molecule has 2 aromatic rings. The van der Waals surface area contributed by atoms with Crippen molar-refractivity contribution in [2.75, 3.05) is 20.5 Å². The molecule has 0 atom stereocenters. The standard InChI is InChI=1S/C15H15ClN2O3S2/c1-20-10-6-4-9(5-7-10)8-23-13-11(14(19)21-2)12(16)17-15(18-13)22-3/h4-7H,8H2,1-3H3. The van der Waals surface area contributed by atoms with Crippen LogP contribution in [-0.2, 0) is 10.5 Å². The lowest BCUT2D eigenvalue weighted by Gasteiger charge is -2.10. The summed E-state index contributed by atoms with van der Waals surface area (Å²) in [6, 6.07) is 7.69. The van der Waals surface area contributed by atoms with Crippen molar-refractivity contribution in [2.24, 2.45) is 0 Å². The van der Waals surface area contributed by atoms with E-state index in [9.17, 15) is 4.79 Å². The Morgan fingerprint density at radius 1 is 1.22 bits per heavy atom. The fourth-order valence-electron chi connectivity index (χ4n) is 1.74. The van der Waals surface area contributed by atoms with E-state index in [-0.39, 0.29) is 10.7 Å². The Labute approximate surface area is 148 Å². The molecule has 0 fully saturated rings. The highest BCUT2D eigenvalue weighted by Crippen LogP contribution is 2.31. The number of ether oxygens (including phenoxy) is 2. The summed E-state index contributed by atoms with van der Waals surface area (Å²) in [6.07, 6.45) is 1.85. The van der Waals surface area contributed by atoms with Gasteiger partial charge in [-0.3, -0.25) is 0 Å². The van der Waals surface area contributed by atoms with Crippen LogP contribution in [0.25, 0.3) is 0 Å². The zero-order valence-corrected chi connectivity index (χ0v) is 15.2. The zero-order valence-electron chi connectivity index (χ0n) is 12.8. The molecule has 1 aromatic heterocycles. The molecule has 0 spiro atoms. The van der Waals surface area contributed by atoms with Gasteiger partial charge in [0.15, 0.2) is 5.16 Å². The maximum Gasteiger partial charge on any atom is 0.343 e. The zero-order chi connectivity index (χ0) is 16.8. The van der Waals surface area contributed by atoms with Gasteiger partial charge in [0, 0.05) is 5.75 Å². The van der Waals surface area contributed by atoms with Crippen LogP contribution in [0.15, 0.2) is 34.4 Å². The molecular weight excluding hydrogens is 356 g/mol. The quantitative estimate of drug-likeness (QED) is 0.330. The van der Waals surface area contributed by atoms with Gasteiger partial charge in [0.25, 0.3) is 0 Å². The number of nitrogens with zero attached hydrogens (tertiary/aromatic N) is 2. The highest BCUT2D eigenvalue weighted by atomic mass is 35.5. The summed E-state index contributed by atoms with van der Waals surface area (Å²) < 4.78 is 9.91. The van der Waals surface area contributed by atoms with Gasteiger partial charge in [0.2, 0.25) is 0 Å². The molecule has 122 valence electrons. The number of thioether (sulfide) groups is 2. The van der Waals surface area contributed by atoms with Crippen LogP contribution >= 0.6 is 35.1 Å². The number of carbonyl (C=O) groups excluding carboxylic acids is 1. The van der Waals surface area contributed by atoms with Gasteiger partial charge in [-0.15, -0.1) is 11.8 Å². The van der Waals surface area contributed by atoms with E-state index in [1.807, 2.05) is 30.5 Å². The Balaban J connectivity index is 2.25. The van der Waals surface area contributed by atoms with Crippen molar-refractivity contribution in [1.82, 2.24) is 9.97 Å². The van der Waals surface area contributed by atoms with E-state index in [0.29, 0.717) is 15.9 Å². The van der Waals surface area contributed by atoms with Gasteiger partial charge in [0.1, 0.15) is 21.5 Å². The molecule has 0 amide bonds. The molecule has 0 saturated heterocycles. The predicted octanol–water partition coefficient (Wildman–Crippen LogP) is 3.94. The van der Waals surface area contributed by atoms with Gasteiger partial charge in [-0.1, -0.05) is 35.5 Å². The number of rotatable bonds is 6. The lowest BCUT2D eigenvalue weighted by molar-refractivity contribution is 0.0595. The average molecular weight is 371 g/mol. The van der Waals surface area contributed by atoms with Crippen molar-refractivity contribution in [3.05, 3.63) is 40.5 Å². The van der Waals surface area contributed by atoms with E-state index < -0.39 is 5.97 Å². The van der Waals surface area contributed by atoms with E-state index in [1.165, 1.54) is 30.6 Å². The molecule has 0 radical (unpaired) electrons. The van der Waals surface area contributed by atoms with Crippen molar-refractivity contribution in [1.29, 1.82) is 0 Å². The number of hydrogen-bond donors (Lipinski definition) is 0. The summed E-state index contributed by atoms with van der Waals surface area (Å²) in [7, 11) is 2.93. The van der Waals surface area contributed by atoms with Gasteiger partial charge in [0.05, 0.1) is 14.2 Å². The van der Waals surface area contributed by atoms with Gasteiger partial charge in [-0.2, -0.15) is 0 Å². The lowest BCUT2D eigenvalue weighted by atomic mass is 10.2. The Morgan fingerprint density at radius 3 is 2.48 bits per heavy atom. The Hall–Kier alpha value is -1.44. The number of carbonyl (C=O) groups is 1. The van der Waals surface area contributed by atoms with Crippen LogP contribution in [0.2, 0.25) is 5.15 Å². The number of benzene rings is 1. The van der Waals surface area contributed by atoms with Crippen LogP contribution in [0.1, 0.15) is 15.9 Å². The third-order valence-corrected chi connectivity index (χ3v) is 4.79. The number of esters is 1. The van der Waals surface area contributed by atoms with Crippen LogP contribution < -0.4 is 4.74 Å². The first-order valence-corrected chi connectivity index (χ1v) is 9.13. The molecule has 0 N–H and O–H groups in total. The summed E-state index contributed by atoms with van der Waals surface area (Å²) in [4.78, 5) is 20.4. The van der Waals surface area contributed by atoms with Crippen LogP contribution in [-0.4, -0.2) is 36.4 Å². The van der Waals surface area contributed by atoms with Crippen LogP contribution in [0.4, 0.5) is 0 Å². The predicted molar refractivity (Wildman–Crippen MR) is 92.7 cm³/mol. The summed E-state index contributed by atoms with van der Waals surface area (Å²) in [5.41, 5.74) is 1.28. The monoisotopic (exact) mass is 370 g/mol. The highest BCUT2D eigenvalue weighted by Gasteiger charge is 2.21. The van der Waals surface area contributed by atoms with E-state index in [2.05, 4.69) is 9.97 Å². The Morgan fingerprint density at radius 2 is 1.91 bits per heavy atom. The molecular formula is C15H15ClN2O3S2. The van der Waals surface area contributed by atoms with Crippen molar-refractivity contribution < 1.29 is 14.3 Å². The number of methoxy groups -OCH3 is 2. The molecule has 5 nitrogen and oxygen atoms in total. The molecule has 0 saturated carbocycles. The molecule has 0 aliphatic rings. The fraction of sp³-hybridized carbons (Fsp3) is 0.267. The van der Waals surface area contributed by atoms with E-state index in [4.69, 9.17) is 21.1 Å². The van der Waals surface area contributed by atoms with Crippen molar-refractivity contribution in [2.45, 2.75) is 15.9 Å². The molecule has 0 aliphatic carbocycles. The minimum Gasteiger partial charge on any atom is -0.497 e. The van der Waals surface area contributed by atoms with E-state index >= 15 is 0 Å². The average Bonchev–Trinajstić information content (AvgIpc) is 2.59. The van der Waals surface area contributed by atoms with Gasteiger partial charge >= 0.3 is 5.97 Å². The number of aromatic nitrogens is 2. The van der Waals surface area contributed by atoms with E-state index in [0.717, 1.165) is 11.3 Å². The second kappa shape index (κ2) is 8.42. The van der Waals surface area contributed by atoms with Gasteiger partial charge < -0.3 is 9.47 Å².